The first-order valence-corrected chi connectivity index (χ1v) is 12.8. The lowest BCUT2D eigenvalue weighted by Crippen LogP contribution is -2.33. The predicted molar refractivity (Wildman–Crippen MR) is 130 cm³/mol. The number of rotatable bonds is 8. The Balaban J connectivity index is 1.91. The molecular weight excluding hydrogens is 497 g/mol. The van der Waals surface area contributed by atoms with Gasteiger partial charge in [0.15, 0.2) is 11.6 Å². The van der Waals surface area contributed by atoms with Gasteiger partial charge in [0.25, 0.3) is 5.91 Å². The molecule has 0 aliphatic heterocycles. The maximum atomic E-state index is 14.6. The van der Waals surface area contributed by atoms with Crippen LogP contribution in [-0.2, 0) is 10.0 Å². The van der Waals surface area contributed by atoms with Gasteiger partial charge < -0.3 is 15.0 Å². The van der Waals surface area contributed by atoms with Crippen molar-refractivity contribution in [2.75, 3.05) is 4.72 Å². The summed E-state index contributed by atoms with van der Waals surface area (Å²) in [6, 6.07) is 4.94. The highest BCUT2D eigenvalue weighted by atomic mass is 32.2. The molecule has 36 heavy (non-hydrogen) atoms. The quantitative estimate of drug-likeness (QED) is 0.428. The highest BCUT2D eigenvalue weighted by Crippen LogP contribution is 2.46. The number of carbonyl (C=O) groups excluding carboxylic acids is 1. The maximum absolute atomic E-state index is 14.6. The topological polar surface area (TPSA) is 116 Å². The number of sulfonamides is 1. The van der Waals surface area contributed by atoms with E-state index < -0.39 is 38.9 Å². The van der Waals surface area contributed by atoms with Crippen molar-refractivity contribution in [1.29, 1.82) is 0 Å². The zero-order valence-corrected chi connectivity index (χ0v) is 21.0. The van der Waals surface area contributed by atoms with Gasteiger partial charge in [-0.3, -0.25) is 9.52 Å². The molecule has 12 heteroatoms. The van der Waals surface area contributed by atoms with Gasteiger partial charge in [-0.25, -0.2) is 17.8 Å². The first kappa shape index (κ1) is 25.8. The number of nitrogens with two attached hydrogens (primary N) is 1. The highest BCUT2D eigenvalue weighted by molar-refractivity contribution is 7.94. The van der Waals surface area contributed by atoms with Gasteiger partial charge in [-0.2, -0.15) is 8.78 Å². The monoisotopic (exact) mass is 524 g/mol. The van der Waals surface area contributed by atoms with E-state index in [4.69, 9.17) is 5.73 Å². The van der Waals surface area contributed by atoms with Gasteiger partial charge in [0.1, 0.15) is 5.82 Å². The summed E-state index contributed by atoms with van der Waals surface area (Å²) >= 11 is 0. The van der Waals surface area contributed by atoms with Crippen LogP contribution in [0.3, 0.4) is 0 Å². The van der Waals surface area contributed by atoms with E-state index in [0.717, 1.165) is 25.0 Å². The maximum Gasteiger partial charge on any atom is 0.387 e. The molecule has 1 amide bonds. The molecule has 1 aliphatic carbocycles. The molecule has 2 heterocycles. The minimum absolute atomic E-state index is 0.00446. The zero-order valence-electron chi connectivity index (χ0n) is 20.2. The van der Waals surface area contributed by atoms with E-state index in [-0.39, 0.29) is 28.7 Å². The average Bonchev–Trinajstić information content (AvgIpc) is 3.55. The highest BCUT2D eigenvalue weighted by Gasteiger charge is 2.35. The van der Waals surface area contributed by atoms with Crippen molar-refractivity contribution in [2.45, 2.75) is 57.9 Å². The number of nitrogens with one attached hydrogen (secondary N) is 1. The number of hydrogen-bond donors (Lipinski definition) is 2. The third kappa shape index (κ3) is 4.73. The van der Waals surface area contributed by atoms with Crippen LogP contribution in [-0.4, -0.2) is 35.2 Å². The van der Waals surface area contributed by atoms with Crippen molar-refractivity contribution in [3.8, 4) is 17.0 Å². The molecule has 1 atom stereocenters. The Kier molecular flexibility index (Phi) is 6.44. The van der Waals surface area contributed by atoms with E-state index in [2.05, 4.69) is 14.4 Å². The Bertz CT molecular complexity index is 1430. The number of ether oxygens (including phenoxy) is 1. The number of benzene rings is 1. The van der Waals surface area contributed by atoms with Crippen LogP contribution in [0.1, 0.15) is 56.9 Å². The lowest BCUT2D eigenvalue weighted by Gasteiger charge is -2.21. The zero-order chi connectivity index (χ0) is 26.6. The van der Waals surface area contributed by atoms with Crippen LogP contribution in [0.2, 0.25) is 0 Å². The number of carbonyl (C=O) groups is 1. The SMILES string of the molecule is CC(C1CC1)n1c(-c2ccc(NS(=O)(=O)C(C)(C)C)nc2)c(C(N)=O)c2cc(F)c(OC(F)F)cc21. The summed E-state index contributed by atoms with van der Waals surface area (Å²) in [5.41, 5.74) is 6.79. The molecule has 3 aromatic rings. The van der Waals surface area contributed by atoms with Crippen molar-refractivity contribution in [1.82, 2.24) is 9.55 Å². The molecule has 0 spiro atoms. The summed E-state index contributed by atoms with van der Waals surface area (Å²) < 4.78 is 72.8. The van der Waals surface area contributed by atoms with Crippen molar-refractivity contribution >= 4 is 32.7 Å². The lowest BCUT2D eigenvalue weighted by molar-refractivity contribution is -0.0521. The summed E-state index contributed by atoms with van der Waals surface area (Å²) in [4.78, 5) is 16.8. The lowest BCUT2D eigenvalue weighted by atomic mass is 10.1. The molecule has 1 unspecified atom stereocenters. The van der Waals surface area contributed by atoms with Crippen LogP contribution >= 0.6 is 0 Å². The Labute approximate surface area is 206 Å². The fourth-order valence-corrected chi connectivity index (χ4v) is 4.83. The van der Waals surface area contributed by atoms with E-state index in [9.17, 15) is 26.4 Å². The van der Waals surface area contributed by atoms with E-state index >= 15 is 0 Å². The standard InChI is InChI=1S/C24H27F3N4O4S/c1-12(13-5-6-13)31-17-10-18(35-23(26)27)16(25)9-15(17)20(22(28)32)21(31)14-7-8-19(29-11-14)30-36(33,34)24(2,3)4/h7-13,23H,5-6H2,1-4H3,(H2,28,32)(H,29,30). The van der Waals surface area contributed by atoms with Gasteiger partial charge in [0.05, 0.1) is 21.5 Å². The summed E-state index contributed by atoms with van der Waals surface area (Å²) in [5.74, 6) is -2.21. The molecule has 2 aromatic heterocycles. The van der Waals surface area contributed by atoms with Crippen molar-refractivity contribution < 1.29 is 31.1 Å². The summed E-state index contributed by atoms with van der Waals surface area (Å²) in [6.45, 7) is 3.33. The minimum Gasteiger partial charge on any atom is -0.432 e. The Morgan fingerprint density at radius 2 is 1.92 bits per heavy atom. The van der Waals surface area contributed by atoms with E-state index in [1.165, 1.54) is 12.3 Å². The number of anilines is 1. The van der Waals surface area contributed by atoms with Crippen LogP contribution in [0.4, 0.5) is 19.0 Å². The molecule has 1 aromatic carbocycles. The Hall–Kier alpha value is -3.28. The first-order chi connectivity index (χ1) is 16.7. The van der Waals surface area contributed by atoms with Crippen LogP contribution in [0.5, 0.6) is 5.75 Å². The molecule has 1 aliphatic rings. The number of aromatic nitrogens is 2. The number of pyridine rings is 1. The molecule has 4 rings (SSSR count). The molecule has 1 saturated carbocycles. The van der Waals surface area contributed by atoms with Gasteiger partial charge in [-0.15, -0.1) is 0 Å². The largest absolute Gasteiger partial charge is 0.432 e. The van der Waals surface area contributed by atoms with Crippen LogP contribution in [0, 0.1) is 11.7 Å². The van der Waals surface area contributed by atoms with Crippen molar-refractivity contribution in [2.24, 2.45) is 11.7 Å². The van der Waals surface area contributed by atoms with Gasteiger partial charge >= 0.3 is 6.61 Å². The number of fused-ring (bicyclic) bond motifs is 1. The van der Waals surface area contributed by atoms with Gasteiger partial charge in [0, 0.05) is 29.3 Å². The van der Waals surface area contributed by atoms with Crippen molar-refractivity contribution in [3.05, 3.63) is 41.8 Å². The molecule has 3 N–H and O–H groups in total. The average molecular weight is 525 g/mol. The summed E-state index contributed by atoms with van der Waals surface area (Å²) in [5, 5.41) is 0.154. The molecule has 8 nitrogen and oxygen atoms in total. The Morgan fingerprint density at radius 1 is 1.25 bits per heavy atom. The summed E-state index contributed by atoms with van der Waals surface area (Å²) in [7, 11) is -3.72. The Morgan fingerprint density at radius 3 is 2.42 bits per heavy atom. The number of hydrogen-bond acceptors (Lipinski definition) is 5. The van der Waals surface area contributed by atoms with E-state index in [0.29, 0.717) is 16.8 Å². The smallest absolute Gasteiger partial charge is 0.387 e. The van der Waals surface area contributed by atoms with Crippen LogP contribution in [0.15, 0.2) is 30.5 Å². The number of halogens is 3. The first-order valence-electron chi connectivity index (χ1n) is 11.3. The predicted octanol–water partition coefficient (Wildman–Crippen LogP) is 5.05. The molecular formula is C24H27F3N4O4S. The molecule has 1 fully saturated rings. The third-order valence-corrected chi connectivity index (χ3v) is 8.40. The van der Waals surface area contributed by atoms with Gasteiger partial charge in [-0.1, -0.05) is 0 Å². The number of nitrogens with zero attached hydrogens (tertiary/aromatic N) is 2. The van der Waals surface area contributed by atoms with Crippen LogP contribution < -0.4 is 15.2 Å². The second-order valence-electron chi connectivity index (χ2n) is 9.86. The van der Waals surface area contributed by atoms with Gasteiger partial charge in [-0.05, 0) is 64.7 Å². The number of alkyl halides is 2. The molecule has 0 bridgehead atoms. The number of amides is 1. The third-order valence-electron chi connectivity index (χ3n) is 6.31. The molecule has 0 saturated heterocycles. The van der Waals surface area contributed by atoms with E-state index in [1.54, 1.807) is 31.4 Å². The normalized spacial score (nSPS) is 15.3. The van der Waals surface area contributed by atoms with Crippen LogP contribution in [0.25, 0.3) is 22.2 Å². The second kappa shape index (κ2) is 8.99. The molecule has 0 radical (unpaired) electrons. The fourth-order valence-electron chi connectivity index (χ4n) is 4.13. The minimum atomic E-state index is -3.72. The van der Waals surface area contributed by atoms with E-state index in [1.807, 2.05) is 6.92 Å². The molecule has 194 valence electrons. The fraction of sp³-hybridized carbons (Fsp3) is 0.417. The number of primary amides is 1. The summed E-state index contributed by atoms with van der Waals surface area (Å²) in [6.07, 6.45) is 3.24. The second-order valence-corrected chi connectivity index (χ2v) is 12.3. The van der Waals surface area contributed by atoms with Crippen molar-refractivity contribution in [3.63, 3.8) is 0 Å². The van der Waals surface area contributed by atoms with Gasteiger partial charge in [0.2, 0.25) is 10.0 Å².